The molecule has 228 valence electrons. The number of halogens is 1. The maximum Gasteiger partial charge on any atom is 0.306 e. The van der Waals surface area contributed by atoms with Crippen molar-refractivity contribution in [3.05, 3.63) is 96.3 Å². The minimum atomic E-state index is -2.11. The van der Waals surface area contributed by atoms with E-state index < -0.39 is 20.6 Å². The van der Waals surface area contributed by atoms with Crippen LogP contribution >= 0.6 is 0 Å². The number of carbonyl (C=O) groups is 1. The van der Waals surface area contributed by atoms with Crippen LogP contribution in [0.25, 0.3) is 0 Å². The van der Waals surface area contributed by atoms with Gasteiger partial charge in [0.2, 0.25) is 9.04 Å². The van der Waals surface area contributed by atoms with Gasteiger partial charge in [-0.3, -0.25) is 4.79 Å². The van der Waals surface area contributed by atoms with Gasteiger partial charge in [-0.15, -0.1) is 0 Å². The fourth-order valence-electron chi connectivity index (χ4n) is 7.95. The van der Waals surface area contributed by atoms with Crippen LogP contribution in [0, 0.1) is 23.1 Å². The van der Waals surface area contributed by atoms with Gasteiger partial charge in [0.05, 0.1) is 12.7 Å². The van der Waals surface area contributed by atoms with Crippen molar-refractivity contribution in [2.45, 2.75) is 76.8 Å². The van der Waals surface area contributed by atoms with E-state index in [1.165, 1.54) is 12.1 Å². The molecule has 0 bridgehead atoms. The third-order valence-corrected chi connectivity index (χ3v) is 12.2. The Morgan fingerprint density at radius 1 is 0.930 bits per heavy atom. The third kappa shape index (κ3) is 6.23. The lowest BCUT2D eigenvalue weighted by atomic mass is 9.61. The van der Waals surface area contributed by atoms with E-state index in [-0.39, 0.29) is 48.0 Å². The lowest BCUT2D eigenvalue weighted by Crippen LogP contribution is -2.56. The van der Waals surface area contributed by atoms with Crippen LogP contribution in [-0.2, 0) is 28.8 Å². The summed E-state index contributed by atoms with van der Waals surface area (Å²) in [5.74, 6) is -0.491. The van der Waals surface area contributed by atoms with Crippen molar-refractivity contribution in [1.29, 1.82) is 0 Å². The van der Waals surface area contributed by atoms with E-state index in [9.17, 15) is 9.18 Å². The number of carbonyl (C=O) groups excluding carboxylic acids is 1. The summed E-state index contributed by atoms with van der Waals surface area (Å²) in [5, 5.41) is 2.33. The van der Waals surface area contributed by atoms with Crippen LogP contribution in [0.2, 0.25) is 0 Å². The Balaban J connectivity index is 1.40. The van der Waals surface area contributed by atoms with Gasteiger partial charge in [-0.25, -0.2) is 4.39 Å². The average molecular weight is 603 g/mol. The van der Waals surface area contributed by atoms with Gasteiger partial charge in [0.1, 0.15) is 11.9 Å². The molecule has 43 heavy (non-hydrogen) atoms. The number of ether oxygens (including phenoxy) is 3. The Labute approximate surface area is 256 Å². The van der Waals surface area contributed by atoms with Crippen LogP contribution in [0.3, 0.4) is 0 Å². The van der Waals surface area contributed by atoms with Crippen LogP contribution in [0.4, 0.5) is 4.39 Å². The molecule has 5 nitrogen and oxygen atoms in total. The number of hydrogen-bond acceptors (Lipinski definition) is 5. The molecular weight excluding hydrogens is 559 g/mol. The molecule has 2 heterocycles. The quantitative estimate of drug-likeness (QED) is 0.251. The summed E-state index contributed by atoms with van der Waals surface area (Å²) in [7, 11) is -2.11. The fourth-order valence-corrected chi connectivity index (χ4v) is 10.2. The zero-order valence-corrected chi connectivity index (χ0v) is 26.6. The van der Waals surface area contributed by atoms with Crippen molar-refractivity contribution in [2.24, 2.45) is 17.3 Å². The predicted octanol–water partition coefficient (Wildman–Crippen LogP) is 5.53. The van der Waals surface area contributed by atoms with Crippen LogP contribution in [0.15, 0.2) is 84.9 Å². The first-order valence-electron chi connectivity index (χ1n) is 15.7. The highest BCUT2D eigenvalue weighted by atomic mass is 28.3. The SMILES string of the molecule is CC(C)(C)[C@@H]1[C@H]2CC(=O)OC(CO[SiH](c3ccccc3)c3ccccc3)[C@@]2(c2ccc(F)cc2)C[C@H]1OC1CCCCO1. The summed E-state index contributed by atoms with van der Waals surface area (Å²) in [4.78, 5) is 13.4. The molecule has 3 aromatic rings. The second-order valence-corrected chi connectivity index (χ2v) is 15.9. The van der Waals surface area contributed by atoms with Gasteiger partial charge in [-0.1, -0.05) is 93.6 Å². The summed E-state index contributed by atoms with van der Waals surface area (Å²) < 4.78 is 40.3. The highest BCUT2D eigenvalue weighted by Gasteiger charge is 2.64. The zero-order valence-electron chi connectivity index (χ0n) is 25.4. The Kier molecular flexibility index (Phi) is 8.88. The van der Waals surface area contributed by atoms with E-state index in [2.05, 4.69) is 45.0 Å². The maximum absolute atomic E-state index is 14.3. The Morgan fingerprint density at radius 3 is 2.16 bits per heavy atom. The number of esters is 1. The largest absolute Gasteiger partial charge is 0.459 e. The second-order valence-electron chi connectivity index (χ2n) is 13.4. The van der Waals surface area contributed by atoms with E-state index in [0.717, 1.165) is 35.2 Å². The van der Waals surface area contributed by atoms with Gasteiger partial charge in [-0.05, 0) is 71.0 Å². The molecule has 3 aromatic carbocycles. The van der Waals surface area contributed by atoms with Crippen molar-refractivity contribution < 1.29 is 27.8 Å². The van der Waals surface area contributed by atoms with E-state index in [4.69, 9.17) is 18.6 Å². The Hall–Kier alpha value is -2.84. The normalized spacial score (nSPS) is 29.3. The predicted molar refractivity (Wildman–Crippen MR) is 167 cm³/mol. The monoisotopic (exact) mass is 602 g/mol. The van der Waals surface area contributed by atoms with Crippen LogP contribution in [0.1, 0.15) is 58.4 Å². The van der Waals surface area contributed by atoms with Gasteiger partial charge >= 0.3 is 5.97 Å². The molecule has 7 heteroatoms. The van der Waals surface area contributed by atoms with E-state index in [1.807, 2.05) is 48.5 Å². The Morgan fingerprint density at radius 2 is 1.58 bits per heavy atom. The molecule has 0 amide bonds. The van der Waals surface area contributed by atoms with Crippen LogP contribution in [0.5, 0.6) is 0 Å². The molecule has 2 unspecified atom stereocenters. The highest BCUT2D eigenvalue weighted by Crippen LogP contribution is 2.60. The average Bonchev–Trinajstić information content (AvgIpc) is 3.34. The molecule has 6 atom stereocenters. The summed E-state index contributed by atoms with van der Waals surface area (Å²) >= 11 is 0. The standard InChI is InChI=1S/C36H43FO5Si/c1-35(2,3)34-29-22-32(38)42-31(24-40-43(27-12-6-4-7-13-27)28-14-8-5-9-15-28)36(29,25-17-19-26(37)20-18-25)23-30(34)41-33-16-10-11-21-39-33/h4-9,12-15,17-20,29-31,33-34,43H,10-11,16,21-24H2,1-3H3/t29-,30-,31?,33?,34-,36-/m1/s1. The molecule has 1 saturated carbocycles. The summed E-state index contributed by atoms with van der Waals surface area (Å²) in [6.45, 7) is 7.65. The van der Waals surface area contributed by atoms with Crippen molar-refractivity contribution in [3.8, 4) is 0 Å². The summed E-state index contributed by atoms with van der Waals surface area (Å²) in [5.41, 5.74) is 0.230. The molecule has 0 aromatic heterocycles. The van der Waals surface area contributed by atoms with Crippen molar-refractivity contribution in [3.63, 3.8) is 0 Å². The number of hydrogen-bond donors (Lipinski definition) is 0. The van der Waals surface area contributed by atoms with Gasteiger partial charge < -0.3 is 18.6 Å². The smallest absolute Gasteiger partial charge is 0.306 e. The van der Waals surface area contributed by atoms with E-state index in [0.29, 0.717) is 19.4 Å². The summed E-state index contributed by atoms with van der Waals surface area (Å²) in [6.07, 6.45) is 2.98. The molecule has 0 radical (unpaired) electrons. The molecule has 1 aliphatic carbocycles. The molecule has 3 fully saturated rings. The molecule has 0 spiro atoms. The third-order valence-electron chi connectivity index (χ3n) is 9.73. The number of cyclic esters (lactones) is 1. The van der Waals surface area contributed by atoms with Crippen LogP contribution < -0.4 is 10.4 Å². The molecule has 0 N–H and O–H groups in total. The number of rotatable bonds is 8. The van der Waals surface area contributed by atoms with Gasteiger partial charge in [-0.2, -0.15) is 0 Å². The molecule has 2 saturated heterocycles. The van der Waals surface area contributed by atoms with E-state index >= 15 is 0 Å². The zero-order chi connectivity index (χ0) is 30.0. The molecule has 6 rings (SSSR count). The fraction of sp³-hybridized carbons (Fsp3) is 0.472. The number of fused-ring (bicyclic) bond motifs is 1. The molecule has 3 aliphatic rings. The minimum Gasteiger partial charge on any atom is -0.459 e. The summed E-state index contributed by atoms with van der Waals surface area (Å²) in [6, 6.07) is 27.4. The van der Waals surface area contributed by atoms with Gasteiger partial charge in [0, 0.05) is 18.4 Å². The first kappa shape index (κ1) is 30.2. The van der Waals surface area contributed by atoms with Crippen molar-refractivity contribution in [2.75, 3.05) is 13.2 Å². The lowest BCUT2D eigenvalue weighted by molar-refractivity contribution is -0.202. The van der Waals surface area contributed by atoms with E-state index in [1.54, 1.807) is 0 Å². The first-order valence-corrected chi connectivity index (χ1v) is 17.3. The van der Waals surface area contributed by atoms with Gasteiger partial charge in [0.25, 0.3) is 0 Å². The minimum absolute atomic E-state index is 0.0602. The molecule has 2 aliphatic heterocycles. The number of benzene rings is 3. The second kappa shape index (κ2) is 12.6. The van der Waals surface area contributed by atoms with Crippen molar-refractivity contribution >= 4 is 25.4 Å². The van der Waals surface area contributed by atoms with Crippen LogP contribution in [-0.4, -0.2) is 46.7 Å². The lowest BCUT2D eigenvalue weighted by Gasteiger charge is -2.48. The first-order chi connectivity index (χ1) is 20.8. The van der Waals surface area contributed by atoms with Gasteiger partial charge in [0.15, 0.2) is 6.29 Å². The topological polar surface area (TPSA) is 54.0 Å². The van der Waals surface area contributed by atoms with Crippen molar-refractivity contribution in [1.82, 2.24) is 0 Å². The Bertz CT molecular complexity index is 1320. The highest BCUT2D eigenvalue weighted by molar-refractivity contribution is 6.80. The maximum atomic E-state index is 14.3. The molecular formula is C36H43FO5Si.